The Kier molecular flexibility index (Phi) is 2.82. The van der Waals surface area contributed by atoms with Gasteiger partial charge in [0.15, 0.2) is 0 Å². The molecule has 0 N–H and O–H groups in total. The zero-order valence-corrected chi connectivity index (χ0v) is 11.8. The van der Waals surface area contributed by atoms with Crippen molar-refractivity contribution in [3.8, 4) is 11.8 Å². The van der Waals surface area contributed by atoms with Crippen LogP contribution in [0.5, 0.6) is 5.75 Å². The largest absolute Gasteiger partial charge is 0.493 e. The molecule has 1 aromatic carbocycles. The summed E-state index contributed by atoms with van der Waals surface area (Å²) in [6, 6.07) is 10.7. The summed E-state index contributed by atoms with van der Waals surface area (Å²) >= 11 is 0. The van der Waals surface area contributed by atoms with Crippen LogP contribution in [0, 0.1) is 22.7 Å². The van der Waals surface area contributed by atoms with E-state index in [9.17, 15) is 5.26 Å². The first kappa shape index (κ1) is 12.5. The lowest BCUT2D eigenvalue weighted by Gasteiger charge is -2.44. The Morgan fingerprint density at radius 2 is 1.84 bits per heavy atom. The number of rotatable bonds is 4. The highest BCUT2D eigenvalue weighted by Gasteiger charge is 2.61. The summed E-state index contributed by atoms with van der Waals surface area (Å²) in [6.45, 7) is 5.02. The van der Waals surface area contributed by atoms with Crippen LogP contribution in [0.1, 0.15) is 45.1 Å². The van der Waals surface area contributed by atoms with Crippen molar-refractivity contribution in [2.45, 2.75) is 44.9 Å². The molecule has 0 aromatic heterocycles. The molecule has 0 amide bonds. The fourth-order valence-electron chi connectivity index (χ4n) is 3.24. The van der Waals surface area contributed by atoms with Gasteiger partial charge in [0.25, 0.3) is 0 Å². The number of nitriles is 1. The van der Waals surface area contributed by atoms with Crippen LogP contribution in [0.4, 0.5) is 0 Å². The monoisotopic (exact) mass is 255 g/mol. The molecular formula is C17H21NO. The van der Waals surface area contributed by atoms with Crippen molar-refractivity contribution in [2.24, 2.45) is 11.3 Å². The molecule has 0 bridgehead atoms. The van der Waals surface area contributed by atoms with Crippen LogP contribution in [0.3, 0.4) is 0 Å². The topological polar surface area (TPSA) is 33.0 Å². The van der Waals surface area contributed by atoms with Gasteiger partial charge in [-0.05, 0) is 54.7 Å². The molecule has 0 unspecified atom stereocenters. The van der Waals surface area contributed by atoms with Crippen molar-refractivity contribution in [1.29, 1.82) is 5.26 Å². The third kappa shape index (κ3) is 2.23. The van der Waals surface area contributed by atoms with Gasteiger partial charge in [0.05, 0.1) is 18.1 Å². The van der Waals surface area contributed by atoms with E-state index in [0.29, 0.717) is 11.3 Å². The highest BCUT2D eigenvalue weighted by Crippen LogP contribution is 2.68. The second-order valence-electron chi connectivity index (χ2n) is 6.78. The molecule has 0 radical (unpaired) electrons. The molecule has 1 spiro atoms. The van der Waals surface area contributed by atoms with Crippen molar-refractivity contribution in [1.82, 2.24) is 0 Å². The van der Waals surface area contributed by atoms with Crippen molar-refractivity contribution in [3.63, 3.8) is 0 Å². The summed E-state index contributed by atoms with van der Waals surface area (Å²) in [5.74, 6) is 1.44. The quantitative estimate of drug-likeness (QED) is 0.813. The Balaban J connectivity index is 1.70. The maximum Gasteiger partial charge on any atom is 0.119 e. The van der Waals surface area contributed by atoms with Gasteiger partial charge >= 0.3 is 0 Å². The number of nitrogens with zero attached hydrogens (tertiary/aromatic N) is 1. The third-order valence-corrected chi connectivity index (χ3v) is 4.51. The van der Waals surface area contributed by atoms with Crippen LogP contribution >= 0.6 is 0 Å². The lowest BCUT2D eigenvalue weighted by atomic mass is 9.57. The number of benzene rings is 1. The highest BCUT2D eigenvalue weighted by atomic mass is 16.5. The summed E-state index contributed by atoms with van der Waals surface area (Å²) in [5, 5.41) is 9.51. The molecule has 0 heterocycles. The first-order valence-electron chi connectivity index (χ1n) is 7.22. The fourth-order valence-corrected chi connectivity index (χ4v) is 3.24. The second-order valence-corrected chi connectivity index (χ2v) is 6.78. The third-order valence-electron chi connectivity index (χ3n) is 4.51. The standard InChI is InChI=1S/C17H21NO/c1-13(2)9-19-15-5-3-14(4-6-15)17(12-18)10-16(11-17)7-8-16/h3-6,13H,7-11H2,1-2H3. The molecule has 2 aliphatic carbocycles. The summed E-state index contributed by atoms with van der Waals surface area (Å²) in [4.78, 5) is 0. The molecule has 2 saturated carbocycles. The minimum atomic E-state index is -0.215. The Morgan fingerprint density at radius 3 is 2.32 bits per heavy atom. The van der Waals surface area contributed by atoms with Crippen molar-refractivity contribution in [2.75, 3.05) is 6.61 Å². The molecule has 100 valence electrons. The molecule has 2 nitrogen and oxygen atoms in total. The molecule has 2 fully saturated rings. The fraction of sp³-hybridized carbons (Fsp3) is 0.588. The minimum absolute atomic E-state index is 0.215. The van der Waals surface area contributed by atoms with E-state index >= 15 is 0 Å². The summed E-state index contributed by atoms with van der Waals surface area (Å²) in [7, 11) is 0. The van der Waals surface area contributed by atoms with Crippen molar-refractivity contribution >= 4 is 0 Å². The van der Waals surface area contributed by atoms with Crippen LogP contribution < -0.4 is 4.74 Å². The van der Waals surface area contributed by atoms with E-state index in [1.807, 2.05) is 12.1 Å². The van der Waals surface area contributed by atoms with Gasteiger partial charge < -0.3 is 4.74 Å². The molecular weight excluding hydrogens is 234 g/mol. The zero-order valence-electron chi connectivity index (χ0n) is 11.8. The lowest BCUT2D eigenvalue weighted by Crippen LogP contribution is -2.41. The van der Waals surface area contributed by atoms with Crippen LogP contribution in [0.2, 0.25) is 0 Å². The molecule has 0 saturated heterocycles. The van der Waals surface area contributed by atoms with Gasteiger partial charge in [-0.2, -0.15) is 5.26 Å². The summed E-state index contributed by atoms with van der Waals surface area (Å²) in [5.41, 5.74) is 1.50. The van der Waals surface area contributed by atoms with E-state index in [2.05, 4.69) is 32.0 Å². The van der Waals surface area contributed by atoms with E-state index in [1.54, 1.807) is 0 Å². The van der Waals surface area contributed by atoms with Gasteiger partial charge in [0.2, 0.25) is 0 Å². The van der Waals surface area contributed by atoms with E-state index in [-0.39, 0.29) is 5.41 Å². The minimum Gasteiger partial charge on any atom is -0.493 e. The van der Waals surface area contributed by atoms with Gasteiger partial charge in [-0.15, -0.1) is 0 Å². The van der Waals surface area contributed by atoms with Gasteiger partial charge in [-0.1, -0.05) is 26.0 Å². The molecule has 3 rings (SSSR count). The second kappa shape index (κ2) is 4.27. The number of hydrogen-bond acceptors (Lipinski definition) is 2. The van der Waals surface area contributed by atoms with Gasteiger partial charge in [-0.25, -0.2) is 0 Å². The number of hydrogen-bond donors (Lipinski definition) is 0. The van der Waals surface area contributed by atoms with Crippen LogP contribution in [0.25, 0.3) is 0 Å². The van der Waals surface area contributed by atoms with E-state index in [0.717, 1.165) is 25.2 Å². The van der Waals surface area contributed by atoms with Gasteiger partial charge in [0, 0.05) is 0 Å². The Labute approximate surface area is 115 Å². The predicted molar refractivity (Wildman–Crippen MR) is 75.0 cm³/mol. The van der Waals surface area contributed by atoms with Gasteiger partial charge in [-0.3, -0.25) is 0 Å². The van der Waals surface area contributed by atoms with Crippen LogP contribution in [0.15, 0.2) is 24.3 Å². The van der Waals surface area contributed by atoms with Crippen LogP contribution in [-0.2, 0) is 5.41 Å². The average Bonchev–Trinajstić information content (AvgIpc) is 3.15. The van der Waals surface area contributed by atoms with E-state index < -0.39 is 0 Å². The average molecular weight is 255 g/mol. The van der Waals surface area contributed by atoms with Gasteiger partial charge in [0.1, 0.15) is 5.75 Å². The smallest absolute Gasteiger partial charge is 0.119 e. The first-order chi connectivity index (χ1) is 9.07. The maximum atomic E-state index is 9.51. The van der Waals surface area contributed by atoms with Crippen molar-refractivity contribution in [3.05, 3.63) is 29.8 Å². The lowest BCUT2D eigenvalue weighted by molar-refractivity contribution is 0.172. The zero-order chi connectivity index (χ0) is 13.5. The molecule has 19 heavy (non-hydrogen) atoms. The molecule has 2 heteroatoms. The molecule has 0 aliphatic heterocycles. The summed E-state index contributed by atoms with van der Waals surface area (Å²) < 4.78 is 5.69. The van der Waals surface area contributed by atoms with Crippen molar-refractivity contribution < 1.29 is 4.74 Å². The Morgan fingerprint density at radius 1 is 1.21 bits per heavy atom. The number of ether oxygens (including phenoxy) is 1. The van der Waals surface area contributed by atoms with Crippen LogP contribution in [-0.4, -0.2) is 6.61 Å². The molecule has 1 aromatic rings. The summed E-state index contributed by atoms with van der Waals surface area (Å²) in [6.07, 6.45) is 4.77. The molecule has 2 aliphatic rings. The predicted octanol–water partition coefficient (Wildman–Crippen LogP) is 4.06. The van der Waals surface area contributed by atoms with E-state index in [4.69, 9.17) is 4.74 Å². The SMILES string of the molecule is CC(C)COc1ccc(C2(C#N)CC3(CC3)C2)cc1. The molecule has 0 atom stereocenters. The Hall–Kier alpha value is -1.49. The highest BCUT2D eigenvalue weighted by molar-refractivity contribution is 5.42. The Bertz CT molecular complexity index is 497. The normalized spacial score (nSPS) is 21.8. The van der Waals surface area contributed by atoms with E-state index in [1.165, 1.54) is 18.4 Å². The maximum absolute atomic E-state index is 9.51. The first-order valence-corrected chi connectivity index (χ1v) is 7.22.